The zero-order valence-corrected chi connectivity index (χ0v) is 14.2. The lowest BCUT2D eigenvalue weighted by atomic mass is 10.2. The lowest BCUT2D eigenvalue weighted by Gasteiger charge is -2.11. The first-order valence-electron chi connectivity index (χ1n) is 7.16. The molecule has 0 aromatic heterocycles. The van der Waals surface area contributed by atoms with Gasteiger partial charge in [-0.1, -0.05) is 17.7 Å². The maximum absolute atomic E-state index is 12.3. The summed E-state index contributed by atoms with van der Waals surface area (Å²) in [5.74, 6) is 0.907. The average molecular weight is 336 g/mol. The number of hydrogen-bond acceptors (Lipinski definition) is 5. The highest BCUT2D eigenvalue weighted by Gasteiger charge is 2.18. The zero-order valence-electron chi connectivity index (χ0n) is 13.4. The molecular formula is C17H20O5S. The molecule has 0 saturated heterocycles. The zero-order chi connectivity index (χ0) is 16.9. The fraction of sp³-hybridized carbons (Fsp3) is 0.294. The summed E-state index contributed by atoms with van der Waals surface area (Å²) < 4.78 is 40.2. The van der Waals surface area contributed by atoms with Crippen LogP contribution in [0.3, 0.4) is 0 Å². The van der Waals surface area contributed by atoms with E-state index in [1.807, 2.05) is 6.92 Å². The van der Waals surface area contributed by atoms with Gasteiger partial charge in [0.25, 0.3) is 0 Å². The van der Waals surface area contributed by atoms with E-state index in [1.54, 1.807) is 44.4 Å². The Bertz CT molecular complexity index is 751. The molecule has 0 amide bonds. The number of methoxy groups -OCH3 is 1. The lowest BCUT2D eigenvalue weighted by Crippen LogP contribution is -2.11. The van der Waals surface area contributed by atoms with Crippen molar-refractivity contribution in [3.8, 4) is 11.5 Å². The van der Waals surface area contributed by atoms with Crippen molar-refractivity contribution in [2.75, 3.05) is 20.3 Å². The van der Waals surface area contributed by atoms with Crippen LogP contribution in [-0.2, 0) is 14.9 Å². The third-order valence-electron chi connectivity index (χ3n) is 3.21. The van der Waals surface area contributed by atoms with Gasteiger partial charge in [-0.05, 0) is 49.7 Å². The predicted molar refractivity (Wildman–Crippen MR) is 87.5 cm³/mol. The van der Waals surface area contributed by atoms with Crippen molar-refractivity contribution in [1.29, 1.82) is 0 Å². The van der Waals surface area contributed by atoms with Crippen LogP contribution in [0.15, 0.2) is 47.4 Å². The van der Waals surface area contributed by atoms with E-state index in [4.69, 9.17) is 13.7 Å². The molecule has 5 nitrogen and oxygen atoms in total. The van der Waals surface area contributed by atoms with Crippen molar-refractivity contribution >= 4 is 10.1 Å². The Labute approximate surface area is 136 Å². The standard InChI is InChI=1S/C17H20O5S/c1-13-4-6-15(7-5-13)22-23(18,19)16-8-9-17(14(2)12-16)21-11-10-20-3/h4-9,12H,10-11H2,1-3H3. The van der Waals surface area contributed by atoms with E-state index in [1.165, 1.54) is 12.1 Å². The fourth-order valence-corrected chi connectivity index (χ4v) is 2.96. The summed E-state index contributed by atoms with van der Waals surface area (Å²) >= 11 is 0. The molecule has 0 N–H and O–H groups in total. The molecule has 0 aliphatic heterocycles. The summed E-state index contributed by atoms with van der Waals surface area (Å²) in [6.07, 6.45) is 0. The summed E-state index contributed by atoms with van der Waals surface area (Å²) in [6.45, 7) is 4.58. The van der Waals surface area contributed by atoms with E-state index in [2.05, 4.69) is 0 Å². The van der Waals surface area contributed by atoms with Gasteiger partial charge in [0.05, 0.1) is 6.61 Å². The van der Waals surface area contributed by atoms with Crippen molar-refractivity contribution in [3.05, 3.63) is 53.6 Å². The van der Waals surface area contributed by atoms with E-state index in [9.17, 15) is 8.42 Å². The molecule has 0 fully saturated rings. The van der Waals surface area contributed by atoms with Crippen LogP contribution in [0.2, 0.25) is 0 Å². The van der Waals surface area contributed by atoms with E-state index >= 15 is 0 Å². The van der Waals surface area contributed by atoms with Gasteiger partial charge in [-0.2, -0.15) is 8.42 Å². The lowest BCUT2D eigenvalue weighted by molar-refractivity contribution is 0.146. The number of hydrogen-bond donors (Lipinski definition) is 0. The Morgan fingerprint density at radius 2 is 1.65 bits per heavy atom. The second-order valence-corrected chi connectivity index (χ2v) is 6.67. The smallest absolute Gasteiger partial charge is 0.339 e. The number of aryl methyl sites for hydroxylation is 2. The number of rotatable bonds is 7. The Morgan fingerprint density at radius 3 is 2.26 bits per heavy atom. The third kappa shape index (κ3) is 4.71. The minimum atomic E-state index is -3.87. The topological polar surface area (TPSA) is 61.8 Å². The maximum Gasteiger partial charge on any atom is 0.339 e. The predicted octanol–water partition coefficient (Wildman–Crippen LogP) is 3.10. The highest BCUT2D eigenvalue weighted by molar-refractivity contribution is 7.87. The van der Waals surface area contributed by atoms with Gasteiger partial charge in [0, 0.05) is 7.11 Å². The average Bonchev–Trinajstić information content (AvgIpc) is 2.51. The van der Waals surface area contributed by atoms with Gasteiger partial charge in [0.1, 0.15) is 23.0 Å². The Morgan fingerprint density at radius 1 is 0.957 bits per heavy atom. The van der Waals surface area contributed by atoms with Crippen molar-refractivity contribution in [2.45, 2.75) is 18.7 Å². The summed E-state index contributed by atoms with van der Waals surface area (Å²) in [6, 6.07) is 11.5. The molecule has 0 bridgehead atoms. The van der Waals surface area contributed by atoms with Gasteiger partial charge >= 0.3 is 10.1 Å². The molecule has 2 aromatic carbocycles. The van der Waals surface area contributed by atoms with Crippen LogP contribution in [0.5, 0.6) is 11.5 Å². The fourth-order valence-electron chi connectivity index (χ4n) is 1.94. The van der Waals surface area contributed by atoms with Gasteiger partial charge in [0.15, 0.2) is 0 Å². The molecule has 0 aliphatic rings. The quantitative estimate of drug-likeness (QED) is 0.574. The highest BCUT2D eigenvalue weighted by atomic mass is 32.2. The second-order valence-electron chi connectivity index (χ2n) is 5.12. The molecule has 0 saturated carbocycles. The Balaban J connectivity index is 2.16. The van der Waals surface area contributed by atoms with Gasteiger partial charge < -0.3 is 13.7 Å². The molecule has 0 aliphatic carbocycles. The van der Waals surface area contributed by atoms with E-state index in [-0.39, 0.29) is 10.6 Å². The summed E-state index contributed by atoms with van der Waals surface area (Å²) in [5, 5.41) is 0. The van der Waals surface area contributed by atoms with Crippen molar-refractivity contribution in [3.63, 3.8) is 0 Å². The van der Waals surface area contributed by atoms with Gasteiger partial charge in [-0.3, -0.25) is 0 Å². The molecule has 124 valence electrons. The van der Waals surface area contributed by atoms with Gasteiger partial charge in [-0.25, -0.2) is 0 Å². The molecular weight excluding hydrogens is 316 g/mol. The molecule has 0 unspecified atom stereocenters. The van der Waals surface area contributed by atoms with Crippen LogP contribution in [0.4, 0.5) is 0 Å². The highest BCUT2D eigenvalue weighted by Crippen LogP contribution is 2.24. The third-order valence-corrected chi connectivity index (χ3v) is 4.45. The van der Waals surface area contributed by atoms with Crippen LogP contribution in [0.1, 0.15) is 11.1 Å². The first-order valence-corrected chi connectivity index (χ1v) is 8.57. The molecule has 0 atom stereocenters. The van der Waals surface area contributed by atoms with E-state index in [0.717, 1.165) is 11.1 Å². The maximum atomic E-state index is 12.3. The molecule has 23 heavy (non-hydrogen) atoms. The minimum Gasteiger partial charge on any atom is -0.491 e. The second kappa shape index (κ2) is 7.48. The number of benzene rings is 2. The minimum absolute atomic E-state index is 0.0923. The normalized spacial score (nSPS) is 11.3. The van der Waals surface area contributed by atoms with Crippen LogP contribution in [0, 0.1) is 13.8 Å². The van der Waals surface area contributed by atoms with Gasteiger partial charge in [-0.15, -0.1) is 0 Å². The molecule has 2 rings (SSSR count). The first-order chi connectivity index (χ1) is 10.9. The van der Waals surface area contributed by atoms with Gasteiger partial charge in [0.2, 0.25) is 0 Å². The first kappa shape index (κ1) is 17.3. The van der Waals surface area contributed by atoms with Crippen LogP contribution >= 0.6 is 0 Å². The molecule has 0 radical (unpaired) electrons. The van der Waals surface area contributed by atoms with Crippen molar-refractivity contribution in [2.24, 2.45) is 0 Å². The molecule has 6 heteroatoms. The summed E-state index contributed by atoms with van der Waals surface area (Å²) in [5.41, 5.74) is 1.75. The number of ether oxygens (including phenoxy) is 2. The van der Waals surface area contributed by atoms with Crippen molar-refractivity contribution < 1.29 is 22.1 Å². The van der Waals surface area contributed by atoms with E-state index < -0.39 is 10.1 Å². The van der Waals surface area contributed by atoms with Crippen LogP contribution < -0.4 is 8.92 Å². The molecule has 2 aromatic rings. The Kier molecular flexibility index (Phi) is 5.63. The largest absolute Gasteiger partial charge is 0.491 e. The Hall–Kier alpha value is -2.05. The monoisotopic (exact) mass is 336 g/mol. The summed E-state index contributed by atoms with van der Waals surface area (Å²) in [7, 11) is -2.28. The molecule has 0 spiro atoms. The summed E-state index contributed by atoms with van der Waals surface area (Å²) in [4.78, 5) is 0.0923. The van der Waals surface area contributed by atoms with Crippen LogP contribution in [0.25, 0.3) is 0 Å². The van der Waals surface area contributed by atoms with E-state index in [0.29, 0.717) is 19.0 Å². The van der Waals surface area contributed by atoms with Crippen molar-refractivity contribution in [1.82, 2.24) is 0 Å². The SMILES string of the molecule is COCCOc1ccc(S(=O)(=O)Oc2ccc(C)cc2)cc1C. The molecule has 0 heterocycles. The van der Waals surface area contributed by atoms with Crippen LogP contribution in [-0.4, -0.2) is 28.7 Å².